The fourth-order valence-corrected chi connectivity index (χ4v) is 4.76. The minimum absolute atomic E-state index is 0.102. The normalized spacial score (nSPS) is 12.0. The highest BCUT2D eigenvalue weighted by atomic mass is 32.2. The van der Waals surface area contributed by atoms with E-state index in [0.717, 1.165) is 36.4 Å². The summed E-state index contributed by atoms with van der Waals surface area (Å²) in [4.78, 5) is 19.8. The molecule has 0 amide bonds. The van der Waals surface area contributed by atoms with E-state index in [0.29, 0.717) is 11.3 Å². The number of carbonyl (C=O) groups is 1. The molecule has 2 aromatic heterocycles. The van der Waals surface area contributed by atoms with Crippen molar-refractivity contribution in [2.24, 2.45) is 0 Å². The van der Waals surface area contributed by atoms with Gasteiger partial charge in [0, 0.05) is 47.4 Å². The van der Waals surface area contributed by atoms with Gasteiger partial charge in [0.1, 0.15) is 17.3 Å². The zero-order valence-electron chi connectivity index (χ0n) is 19.5. The minimum atomic E-state index is -4.44. The van der Waals surface area contributed by atoms with E-state index in [9.17, 15) is 22.0 Å². The number of rotatable bonds is 8. The Morgan fingerprint density at radius 2 is 1.89 bits per heavy atom. The summed E-state index contributed by atoms with van der Waals surface area (Å²) in [7, 11) is -2.80. The molecule has 2 heterocycles. The molecule has 0 unspecified atom stereocenters. The quantitative estimate of drug-likeness (QED) is 0.197. The second kappa shape index (κ2) is 9.90. The topological polar surface area (TPSA) is 128 Å². The van der Waals surface area contributed by atoms with Crippen LogP contribution in [0.1, 0.15) is 28.4 Å². The Morgan fingerprint density at radius 1 is 1.14 bits per heavy atom. The molecule has 0 saturated heterocycles. The number of aromatic amines is 1. The van der Waals surface area contributed by atoms with Gasteiger partial charge in [-0.05, 0) is 49.4 Å². The molecular formula is C25H20F3N5O3S. The second-order valence-corrected chi connectivity index (χ2v) is 9.67. The fourth-order valence-electron chi connectivity index (χ4n) is 3.67. The summed E-state index contributed by atoms with van der Waals surface area (Å²) in [5.41, 5.74) is -0.177. The number of nitrogens with zero attached hydrogens (tertiary/aromatic N) is 1. The van der Waals surface area contributed by atoms with Crippen molar-refractivity contribution in [2.45, 2.75) is 11.8 Å². The van der Waals surface area contributed by atoms with Crippen LogP contribution in [0.3, 0.4) is 0 Å². The van der Waals surface area contributed by atoms with Gasteiger partial charge in [-0.1, -0.05) is 6.07 Å². The third-order valence-electron chi connectivity index (χ3n) is 5.39. The Balaban J connectivity index is 1.77. The van der Waals surface area contributed by atoms with Crippen LogP contribution in [-0.2, 0) is 10.0 Å². The minimum Gasteiger partial charge on any atom is -0.388 e. The summed E-state index contributed by atoms with van der Waals surface area (Å²) >= 11 is 0. The van der Waals surface area contributed by atoms with E-state index < -0.39 is 49.4 Å². The summed E-state index contributed by atoms with van der Waals surface area (Å²) in [6.07, 6.45) is 4.29. The van der Waals surface area contributed by atoms with E-state index in [1.165, 1.54) is 12.4 Å². The Hall–Kier alpha value is -4.45. The molecule has 190 valence electrons. The number of allylic oxidation sites excluding steroid dienone is 1. The number of benzene rings is 2. The average Bonchev–Trinajstić information content (AvgIpc) is 3.27. The largest absolute Gasteiger partial charge is 0.388 e. The molecule has 0 saturated carbocycles. The van der Waals surface area contributed by atoms with Gasteiger partial charge in [-0.3, -0.25) is 9.52 Å². The number of hydrogen-bond donors (Lipinski definition) is 4. The number of hydrogen-bond acceptors (Lipinski definition) is 6. The molecule has 0 bridgehead atoms. The van der Waals surface area contributed by atoms with Crippen molar-refractivity contribution in [1.82, 2.24) is 15.3 Å². The SMILES string of the molecule is CN/C(=C\C(C)=N)c1cnc2[nH]cc(C(=O)c3c(F)ccc(NS(=O)(=O)c4cccc(F)c4)c3F)c2c1. The number of halogens is 3. The predicted octanol–water partition coefficient (Wildman–Crippen LogP) is 4.61. The van der Waals surface area contributed by atoms with Crippen molar-refractivity contribution in [3.05, 3.63) is 95.1 Å². The van der Waals surface area contributed by atoms with Gasteiger partial charge in [0.25, 0.3) is 10.0 Å². The summed E-state index contributed by atoms with van der Waals surface area (Å²) in [6, 6.07) is 7.20. The first kappa shape index (κ1) is 25.6. The Kier molecular flexibility index (Phi) is 6.86. The third-order valence-corrected chi connectivity index (χ3v) is 6.75. The van der Waals surface area contributed by atoms with E-state index in [1.54, 1.807) is 26.1 Å². The van der Waals surface area contributed by atoms with E-state index in [4.69, 9.17) is 5.41 Å². The summed E-state index contributed by atoms with van der Waals surface area (Å²) < 4.78 is 70.8. The maximum atomic E-state index is 15.4. The van der Waals surface area contributed by atoms with Crippen molar-refractivity contribution in [3.8, 4) is 0 Å². The molecular weight excluding hydrogens is 507 g/mol. The van der Waals surface area contributed by atoms with Gasteiger partial charge in [-0.25, -0.2) is 26.6 Å². The highest BCUT2D eigenvalue weighted by Crippen LogP contribution is 2.29. The molecule has 2 aromatic carbocycles. The molecule has 0 spiro atoms. The number of anilines is 1. The molecule has 4 N–H and O–H groups in total. The zero-order valence-corrected chi connectivity index (χ0v) is 20.3. The Morgan fingerprint density at radius 3 is 2.57 bits per heavy atom. The van der Waals surface area contributed by atoms with Crippen molar-refractivity contribution in [1.29, 1.82) is 5.41 Å². The lowest BCUT2D eigenvalue weighted by molar-refractivity contribution is 0.103. The first-order valence-electron chi connectivity index (χ1n) is 10.7. The number of aromatic nitrogens is 2. The highest BCUT2D eigenvalue weighted by Gasteiger charge is 2.26. The van der Waals surface area contributed by atoms with Crippen LogP contribution in [-0.4, -0.2) is 36.9 Å². The fraction of sp³-hybridized carbons (Fsp3) is 0.0800. The Bertz CT molecular complexity index is 1700. The molecule has 4 aromatic rings. The van der Waals surface area contributed by atoms with Crippen LogP contribution in [0.5, 0.6) is 0 Å². The van der Waals surface area contributed by atoms with Gasteiger partial charge in [-0.2, -0.15) is 0 Å². The maximum absolute atomic E-state index is 15.4. The lowest BCUT2D eigenvalue weighted by Crippen LogP contribution is -2.16. The van der Waals surface area contributed by atoms with Crippen molar-refractivity contribution >= 4 is 43.9 Å². The van der Waals surface area contributed by atoms with Crippen molar-refractivity contribution in [3.63, 3.8) is 0 Å². The molecule has 4 rings (SSSR count). The standard InChI is InChI=1S/C25H20F3N5O3S/c1-13(29)8-21(30-2)14-9-17-18(12-32-25(17)31-11-14)24(34)22-19(27)6-7-20(23(22)28)33-37(35,36)16-5-3-4-15(26)10-16/h3-12,29-30,33H,1-2H3,(H,31,32)/b21-8-,29-13?. The summed E-state index contributed by atoms with van der Waals surface area (Å²) in [6.45, 7) is 1.58. The molecule has 12 heteroatoms. The molecule has 0 aliphatic rings. The second-order valence-electron chi connectivity index (χ2n) is 7.99. The number of fused-ring (bicyclic) bond motifs is 1. The Labute approximate surface area is 209 Å². The van der Waals surface area contributed by atoms with Crippen LogP contribution in [0.4, 0.5) is 18.9 Å². The molecule has 0 fully saturated rings. The monoisotopic (exact) mass is 527 g/mol. The van der Waals surface area contributed by atoms with Crippen LogP contribution >= 0.6 is 0 Å². The third kappa shape index (κ3) is 5.09. The number of sulfonamides is 1. The highest BCUT2D eigenvalue weighted by molar-refractivity contribution is 7.92. The molecule has 37 heavy (non-hydrogen) atoms. The van der Waals surface area contributed by atoms with Gasteiger partial charge < -0.3 is 15.7 Å². The molecule has 0 atom stereocenters. The van der Waals surface area contributed by atoms with Crippen molar-refractivity contribution in [2.75, 3.05) is 11.8 Å². The number of nitrogens with one attached hydrogen (secondary N) is 4. The first-order valence-corrected chi connectivity index (χ1v) is 12.2. The number of carbonyl (C=O) groups excluding carboxylic acids is 1. The van der Waals surface area contributed by atoms with Crippen LogP contribution in [0.2, 0.25) is 0 Å². The molecule has 8 nitrogen and oxygen atoms in total. The van der Waals surface area contributed by atoms with Gasteiger partial charge in [0.05, 0.1) is 16.1 Å². The van der Waals surface area contributed by atoms with Gasteiger partial charge in [0.2, 0.25) is 5.78 Å². The molecule has 0 aliphatic heterocycles. The van der Waals surface area contributed by atoms with E-state index in [2.05, 4.69) is 15.3 Å². The van der Waals surface area contributed by atoms with Crippen molar-refractivity contribution < 1.29 is 26.4 Å². The van der Waals surface area contributed by atoms with Gasteiger partial charge >= 0.3 is 0 Å². The lowest BCUT2D eigenvalue weighted by Gasteiger charge is -2.12. The van der Waals surface area contributed by atoms with E-state index in [1.807, 2.05) is 4.72 Å². The number of ketones is 1. The zero-order chi connectivity index (χ0) is 26.9. The summed E-state index contributed by atoms with van der Waals surface area (Å²) in [5.74, 6) is -4.51. The van der Waals surface area contributed by atoms with Crippen LogP contribution in [0, 0.1) is 22.9 Å². The maximum Gasteiger partial charge on any atom is 0.262 e. The van der Waals surface area contributed by atoms with Crippen LogP contribution in [0.25, 0.3) is 16.7 Å². The molecule has 0 radical (unpaired) electrons. The lowest BCUT2D eigenvalue weighted by atomic mass is 10.0. The summed E-state index contributed by atoms with van der Waals surface area (Å²) in [5, 5.41) is 10.9. The number of pyridine rings is 1. The number of H-pyrrole nitrogens is 1. The van der Waals surface area contributed by atoms with Gasteiger partial charge in [-0.15, -0.1) is 0 Å². The van der Waals surface area contributed by atoms with E-state index in [-0.39, 0.29) is 22.3 Å². The smallest absolute Gasteiger partial charge is 0.262 e. The molecule has 0 aliphatic carbocycles. The van der Waals surface area contributed by atoms with Crippen LogP contribution < -0.4 is 10.0 Å². The first-order chi connectivity index (χ1) is 17.5. The predicted molar refractivity (Wildman–Crippen MR) is 134 cm³/mol. The van der Waals surface area contributed by atoms with Crippen LogP contribution in [0.15, 0.2) is 65.8 Å². The van der Waals surface area contributed by atoms with Gasteiger partial charge in [0.15, 0.2) is 5.82 Å². The average molecular weight is 528 g/mol. The van der Waals surface area contributed by atoms with E-state index >= 15 is 4.39 Å².